The second-order valence-corrected chi connectivity index (χ2v) is 5.24. The molecule has 0 saturated carbocycles. The minimum Gasteiger partial charge on any atom is -0.747 e. The van der Waals surface area contributed by atoms with Crippen LogP contribution < -0.4 is 0 Å². The summed E-state index contributed by atoms with van der Waals surface area (Å²) in [5.41, 5.74) is 0. The first-order chi connectivity index (χ1) is 4.15. The van der Waals surface area contributed by atoms with Crippen LogP contribution in [0.1, 0.15) is 6.92 Å². The summed E-state index contributed by atoms with van der Waals surface area (Å²) in [7, 11) is -10.0. The summed E-state index contributed by atoms with van der Waals surface area (Å²) in [4.78, 5) is 0. The van der Waals surface area contributed by atoms with E-state index in [1.807, 2.05) is 0 Å². The lowest BCUT2D eigenvalue weighted by atomic mass is 11.0. The molecule has 10 heavy (non-hydrogen) atoms. The smallest absolute Gasteiger partial charge is 0.136 e. The highest BCUT2D eigenvalue weighted by Crippen LogP contribution is 2.03. The number of hydrogen-bond donors (Lipinski definition) is 0. The third-order valence-electron chi connectivity index (χ3n) is 0.813. The number of rotatable bonds is 2. The Kier molecular flexibility index (Phi) is 2.41. The van der Waals surface area contributed by atoms with Gasteiger partial charge in [-0.25, -0.2) is 16.8 Å². The summed E-state index contributed by atoms with van der Waals surface area (Å²) in [6, 6.07) is 0. The van der Waals surface area contributed by atoms with Crippen molar-refractivity contribution in [2.24, 2.45) is 0 Å². The second-order valence-electron chi connectivity index (χ2n) is 1.55. The van der Waals surface area contributed by atoms with Gasteiger partial charge in [-0.1, -0.05) is 0 Å². The van der Waals surface area contributed by atoms with E-state index in [0.29, 0.717) is 6.92 Å². The average Bonchev–Trinajstić information content (AvgIpc) is 1.59. The molecule has 0 heterocycles. The topological polar surface area (TPSA) is 114 Å². The Balaban J connectivity index is 4.94. The van der Waals surface area contributed by atoms with Crippen molar-refractivity contribution < 1.29 is 25.9 Å². The predicted octanol–water partition coefficient (Wildman–Crippen LogP) is -1.58. The van der Waals surface area contributed by atoms with Gasteiger partial charge in [-0.2, -0.15) is 0 Å². The maximum absolute atomic E-state index is 9.84. The Morgan fingerprint density at radius 1 is 1.00 bits per heavy atom. The zero-order valence-corrected chi connectivity index (χ0v) is 6.48. The summed E-state index contributed by atoms with van der Waals surface area (Å²) < 4.78 is 56.7. The van der Waals surface area contributed by atoms with Crippen LogP contribution in [0.5, 0.6) is 0 Å². The molecule has 6 nitrogen and oxygen atoms in total. The minimum atomic E-state index is -5.01. The van der Waals surface area contributed by atoms with Crippen LogP contribution in [0.2, 0.25) is 0 Å². The average molecular weight is 188 g/mol. The van der Waals surface area contributed by atoms with Gasteiger partial charge in [-0.05, 0) is 6.92 Å². The summed E-state index contributed by atoms with van der Waals surface area (Å²) >= 11 is 0. The summed E-state index contributed by atoms with van der Waals surface area (Å²) in [5, 5.41) is 0. The van der Waals surface area contributed by atoms with Gasteiger partial charge in [0.2, 0.25) is 0 Å². The molecule has 0 radical (unpaired) electrons. The van der Waals surface area contributed by atoms with E-state index in [1.165, 1.54) is 0 Å². The van der Waals surface area contributed by atoms with Crippen LogP contribution in [0.15, 0.2) is 0 Å². The van der Waals surface area contributed by atoms with Gasteiger partial charge in [0.05, 0.1) is 0 Å². The Labute approximate surface area is 58.4 Å². The second kappa shape index (κ2) is 2.46. The largest absolute Gasteiger partial charge is 0.747 e. The van der Waals surface area contributed by atoms with Gasteiger partial charge in [0, 0.05) is 0 Å². The van der Waals surface area contributed by atoms with E-state index in [9.17, 15) is 25.9 Å². The van der Waals surface area contributed by atoms with Gasteiger partial charge < -0.3 is 9.11 Å². The molecule has 0 aromatic heterocycles. The molecule has 0 aromatic carbocycles. The first-order valence-electron chi connectivity index (χ1n) is 2.05. The van der Waals surface area contributed by atoms with Crippen LogP contribution in [-0.4, -0.2) is 30.5 Å². The standard InChI is InChI=1S/C2H6O6S2/c1-2(9(3,4)5)10(6,7)8/h2H,1H3,(H,3,4,5)(H,6,7,8)/p-2. The molecular formula is C2H4O6S2-2. The van der Waals surface area contributed by atoms with E-state index in [0.717, 1.165) is 0 Å². The van der Waals surface area contributed by atoms with Crippen LogP contribution in [0.25, 0.3) is 0 Å². The van der Waals surface area contributed by atoms with E-state index in [2.05, 4.69) is 0 Å². The molecule has 0 aliphatic carbocycles. The molecule has 0 unspecified atom stereocenters. The molecule has 0 aliphatic heterocycles. The fourth-order valence-corrected chi connectivity index (χ4v) is 1.30. The number of hydrogen-bond acceptors (Lipinski definition) is 6. The van der Waals surface area contributed by atoms with Crippen LogP contribution in [-0.2, 0) is 20.2 Å². The Morgan fingerprint density at radius 2 is 1.20 bits per heavy atom. The van der Waals surface area contributed by atoms with E-state index in [1.54, 1.807) is 0 Å². The lowest BCUT2D eigenvalue weighted by Crippen LogP contribution is -2.26. The molecule has 0 fully saturated rings. The predicted molar refractivity (Wildman–Crippen MR) is 28.9 cm³/mol. The van der Waals surface area contributed by atoms with Crippen molar-refractivity contribution in [3.63, 3.8) is 0 Å². The fraction of sp³-hybridized carbons (Fsp3) is 1.00. The summed E-state index contributed by atoms with van der Waals surface area (Å²) in [6.07, 6.45) is 0. The van der Waals surface area contributed by atoms with Crippen LogP contribution in [0, 0.1) is 0 Å². The molecule has 0 aliphatic rings. The third-order valence-corrected chi connectivity index (χ3v) is 3.85. The molecule has 0 aromatic rings. The monoisotopic (exact) mass is 188 g/mol. The highest BCUT2D eigenvalue weighted by molar-refractivity contribution is 8.03. The molecule has 0 saturated heterocycles. The van der Waals surface area contributed by atoms with Crippen molar-refractivity contribution in [2.45, 2.75) is 11.5 Å². The third kappa shape index (κ3) is 2.60. The zero-order valence-electron chi connectivity index (χ0n) is 4.84. The first kappa shape index (κ1) is 9.82. The maximum atomic E-state index is 9.84. The van der Waals surface area contributed by atoms with Crippen molar-refractivity contribution >= 4 is 20.2 Å². The summed E-state index contributed by atoms with van der Waals surface area (Å²) in [6.45, 7) is 0.532. The van der Waals surface area contributed by atoms with Crippen molar-refractivity contribution in [1.29, 1.82) is 0 Å². The van der Waals surface area contributed by atoms with Gasteiger partial charge in [0.1, 0.15) is 24.8 Å². The summed E-state index contributed by atoms with van der Waals surface area (Å²) in [5.74, 6) is 0. The Morgan fingerprint density at radius 3 is 1.20 bits per heavy atom. The van der Waals surface area contributed by atoms with Crippen LogP contribution in [0.4, 0.5) is 0 Å². The van der Waals surface area contributed by atoms with Crippen molar-refractivity contribution in [1.82, 2.24) is 0 Å². The molecule has 0 amide bonds. The van der Waals surface area contributed by atoms with Crippen LogP contribution in [0.3, 0.4) is 0 Å². The van der Waals surface area contributed by atoms with E-state index in [4.69, 9.17) is 0 Å². The molecule has 0 bridgehead atoms. The van der Waals surface area contributed by atoms with Gasteiger partial charge in [-0.3, -0.25) is 0 Å². The Bertz CT molecular complexity index is 263. The van der Waals surface area contributed by atoms with E-state index in [-0.39, 0.29) is 0 Å². The van der Waals surface area contributed by atoms with Crippen molar-refractivity contribution in [3.05, 3.63) is 0 Å². The molecule has 0 atom stereocenters. The zero-order chi connectivity index (χ0) is 8.58. The van der Waals surface area contributed by atoms with Gasteiger partial charge in [0.15, 0.2) is 0 Å². The quantitative estimate of drug-likeness (QED) is 0.483. The molecule has 0 N–H and O–H groups in total. The van der Waals surface area contributed by atoms with Gasteiger partial charge in [0.25, 0.3) is 0 Å². The maximum Gasteiger partial charge on any atom is 0.136 e. The van der Waals surface area contributed by atoms with E-state index < -0.39 is 24.8 Å². The lowest BCUT2D eigenvalue weighted by molar-refractivity contribution is 0.438. The fourth-order valence-electron chi connectivity index (χ4n) is 0.144. The molecule has 8 heteroatoms. The molecule has 0 rings (SSSR count). The van der Waals surface area contributed by atoms with Gasteiger partial charge >= 0.3 is 0 Å². The minimum absolute atomic E-state index is 0.532. The molecule has 0 spiro atoms. The molecule has 62 valence electrons. The van der Waals surface area contributed by atoms with Gasteiger partial charge in [-0.15, -0.1) is 0 Å². The molecular weight excluding hydrogens is 184 g/mol. The normalized spacial score (nSPS) is 14.0. The highest BCUT2D eigenvalue weighted by atomic mass is 32.3. The Hall–Kier alpha value is -0.180. The van der Waals surface area contributed by atoms with Crippen molar-refractivity contribution in [2.75, 3.05) is 0 Å². The lowest BCUT2D eigenvalue weighted by Gasteiger charge is -2.18. The SMILES string of the molecule is CC(S(=O)(=O)[O-])S(=O)(=O)[O-]. The van der Waals surface area contributed by atoms with E-state index >= 15 is 0 Å². The highest BCUT2D eigenvalue weighted by Gasteiger charge is 2.16. The van der Waals surface area contributed by atoms with Crippen LogP contribution >= 0.6 is 0 Å². The first-order valence-corrected chi connectivity index (χ1v) is 4.99. The van der Waals surface area contributed by atoms with Crippen molar-refractivity contribution in [3.8, 4) is 0 Å².